The van der Waals surface area contributed by atoms with Gasteiger partial charge in [-0.25, -0.2) is 4.79 Å². The molecule has 98 valence electrons. The summed E-state index contributed by atoms with van der Waals surface area (Å²) in [6.45, 7) is 5.86. The maximum absolute atomic E-state index is 11.9. The molecule has 0 radical (unpaired) electrons. The predicted molar refractivity (Wildman–Crippen MR) is 62.1 cm³/mol. The first-order valence-corrected chi connectivity index (χ1v) is 5.94. The van der Waals surface area contributed by atoms with E-state index in [1.165, 1.54) is 12.0 Å². The maximum atomic E-state index is 11.9. The lowest BCUT2D eigenvalue weighted by atomic mass is 10.0. The lowest BCUT2D eigenvalue weighted by molar-refractivity contribution is -0.152. The Bertz CT molecular complexity index is 303. The highest BCUT2D eigenvalue weighted by molar-refractivity contribution is 5.87. The van der Waals surface area contributed by atoms with Crippen LogP contribution in [0.5, 0.6) is 0 Å². The topological polar surface area (TPSA) is 66.8 Å². The second kappa shape index (κ2) is 5.49. The zero-order valence-corrected chi connectivity index (χ0v) is 10.8. The summed E-state index contributed by atoms with van der Waals surface area (Å²) in [5.74, 6) is -0.740. The van der Waals surface area contributed by atoms with Gasteiger partial charge in [-0.3, -0.25) is 4.79 Å². The quantitative estimate of drug-likeness (QED) is 0.726. The molecule has 1 fully saturated rings. The SMILES string of the molecule is COC(=O)[C@@H](CC(C)C)N1C[C@H](O)[C@H](C)C1=O. The molecule has 0 aromatic heterocycles. The van der Waals surface area contributed by atoms with Gasteiger partial charge in [0.2, 0.25) is 5.91 Å². The van der Waals surface area contributed by atoms with Crippen molar-refractivity contribution in [2.75, 3.05) is 13.7 Å². The third-order valence-corrected chi connectivity index (χ3v) is 3.18. The number of aliphatic hydroxyl groups is 1. The summed E-state index contributed by atoms with van der Waals surface area (Å²) in [5, 5.41) is 9.66. The second-order valence-corrected chi connectivity index (χ2v) is 5.02. The van der Waals surface area contributed by atoms with Crippen LogP contribution in [0.15, 0.2) is 0 Å². The van der Waals surface area contributed by atoms with E-state index < -0.39 is 24.0 Å². The van der Waals surface area contributed by atoms with Gasteiger partial charge in [0.25, 0.3) is 0 Å². The van der Waals surface area contributed by atoms with Crippen LogP contribution in [0.1, 0.15) is 27.2 Å². The van der Waals surface area contributed by atoms with Crippen LogP contribution >= 0.6 is 0 Å². The van der Waals surface area contributed by atoms with E-state index in [4.69, 9.17) is 4.74 Å². The summed E-state index contributed by atoms with van der Waals surface area (Å²) in [6, 6.07) is -0.577. The first-order chi connectivity index (χ1) is 7.88. The predicted octanol–water partition coefficient (Wildman–Crippen LogP) is 0.413. The van der Waals surface area contributed by atoms with E-state index in [0.717, 1.165) is 0 Å². The molecule has 5 heteroatoms. The number of carbonyl (C=O) groups excluding carboxylic acids is 2. The van der Waals surface area contributed by atoms with Crippen LogP contribution in [0.4, 0.5) is 0 Å². The van der Waals surface area contributed by atoms with Gasteiger partial charge in [0.1, 0.15) is 6.04 Å². The average Bonchev–Trinajstić information content (AvgIpc) is 2.52. The molecule has 1 heterocycles. The second-order valence-electron chi connectivity index (χ2n) is 5.02. The number of β-amino-alcohol motifs (C(OH)–C–C–N with tert-alkyl or cyclic N) is 1. The number of methoxy groups -OCH3 is 1. The maximum Gasteiger partial charge on any atom is 0.328 e. The number of likely N-dealkylation sites (tertiary alicyclic amines) is 1. The third-order valence-electron chi connectivity index (χ3n) is 3.18. The van der Waals surface area contributed by atoms with Crippen molar-refractivity contribution in [3.63, 3.8) is 0 Å². The zero-order valence-electron chi connectivity index (χ0n) is 10.8. The van der Waals surface area contributed by atoms with Crippen LogP contribution in [-0.4, -0.2) is 47.7 Å². The number of carbonyl (C=O) groups is 2. The number of ether oxygens (including phenoxy) is 1. The number of rotatable bonds is 4. The van der Waals surface area contributed by atoms with Gasteiger partial charge >= 0.3 is 5.97 Å². The Kier molecular flexibility index (Phi) is 4.51. The minimum Gasteiger partial charge on any atom is -0.467 e. The third kappa shape index (κ3) is 2.97. The molecule has 0 spiro atoms. The molecule has 1 aliphatic heterocycles. The molecule has 0 aromatic rings. The fourth-order valence-corrected chi connectivity index (χ4v) is 2.09. The average molecular weight is 243 g/mol. The van der Waals surface area contributed by atoms with Crippen LogP contribution in [0, 0.1) is 11.8 Å². The molecule has 0 bridgehead atoms. The highest BCUT2D eigenvalue weighted by atomic mass is 16.5. The Morgan fingerprint density at radius 1 is 1.59 bits per heavy atom. The number of aliphatic hydroxyl groups excluding tert-OH is 1. The van der Waals surface area contributed by atoms with Crippen LogP contribution in [-0.2, 0) is 14.3 Å². The fraction of sp³-hybridized carbons (Fsp3) is 0.833. The van der Waals surface area contributed by atoms with Crippen molar-refractivity contribution in [1.29, 1.82) is 0 Å². The standard InChI is InChI=1S/C12H21NO4/c1-7(2)5-9(12(16)17-4)13-6-10(14)8(3)11(13)15/h7-10,14H,5-6H2,1-4H3/t8-,9+,10-/m0/s1. The van der Waals surface area contributed by atoms with Gasteiger partial charge in [0, 0.05) is 6.54 Å². The molecule has 0 aliphatic carbocycles. The zero-order chi connectivity index (χ0) is 13.2. The van der Waals surface area contributed by atoms with Crippen molar-refractivity contribution in [2.24, 2.45) is 11.8 Å². The Labute approximate surface area is 102 Å². The number of amides is 1. The van der Waals surface area contributed by atoms with Gasteiger partial charge in [-0.05, 0) is 12.3 Å². The van der Waals surface area contributed by atoms with Crippen molar-refractivity contribution in [3.8, 4) is 0 Å². The summed E-state index contributed by atoms with van der Waals surface area (Å²) in [7, 11) is 1.32. The van der Waals surface area contributed by atoms with E-state index in [0.29, 0.717) is 6.42 Å². The Balaban J connectivity index is 2.84. The van der Waals surface area contributed by atoms with Gasteiger partial charge in [-0.1, -0.05) is 20.8 Å². The van der Waals surface area contributed by atoms with E-state index in [1.807, 2.05) is 13.8 Å². The fourth-order valence-electron chi connectivity index (χ4n) is 2.09. The monoisotopic (exact) mass is 243 g/mol. The molecule has 0 saturated carbocycles. The van der Waals surface area contributed by atoms with Crippen molar-refractivity contribution < 1.29 is 19.4 Å². The van der Waals surface area contributed by atoms with Crippen LogP contribution in [0.3, 0.4) is 0 Å². The van der Waals surface area contributed by atoms with Crippen LogP contribution < -0.4 is 0 Å². The Morgan fingerprint density at radius 3 is 2.53 bits per heavy atom. The minimum atomic E-state index is -0.693. The highest BCUT2D eigenvalue weighted by Gasteiger charge is 2.42. The van der Waals surface area contributed by atoms with Gasteiger partial charge < -0.3 is 14.7 Å². The lowest BCUT2D eigenvalue weighted by Gasteiger charge is -2.27. The molecule has 0 unspecified atom stereocenters. The van der Waals surface area contributed by atoms with E-state index in [1.54, 1.807) is 6.92 Å². The van der Waals surface area contributed by atoms with Crippen LogP contribution in [0.25, 0.3) is 0 Å². The van der Waals surface area contributed by atoms with Gasteiger partial charge in [-0.15, -0.1) is 0 Å². The normalized spacial score (nSPS) is 26.5. The molecule has 1 rings (SSSR count). The first kappa shape index (κ1) is 14.0. The number of hydrogen-bond acceptors (Lipinski definition) is 4. The highest BCUT2D eigenvalue weighted by Crippen LogP contribution is 2.24. The van der Waals surface area contributed by atoms with Crippen LogP contribution in [0.2, 0.25) is 0 Å². The molecule has 1 aliphatic rings. The van der Waals surface area contributed by atoms with Crippen molar-refractivity contribution in [3.05, 3.63) is 0 Å². The Morgan fingerprint density at radius 2 is 2.18 bits per heavy atom. The van der Waals surface area contributed by atoms with E-state index in [-0.39, 0.29) is 18.4 Å². The summed E-state index contributed by atoms with van der Waals surface area (Å²) in [5.41, 5.74) is 0. The summed E-state index contributed by atoms with van der Waals surface area (Å²) in [4.78, 5) is 25.1. The molecule has 17 heavy (non-hydrogen) atoms. The molecule has 3 atom stereocenters. The lowest BCUT2D eigenvalue weighted by Crippen LogP contribution is -2.44. The van der Waals surface area contributed by atoms with Crippen molar-refractivity contribution in [1.82, 2.24) is 4.90 Å². The molecule has 1 amide bonds. The molecular weight excluding hydrogens is 222 g/mol. The molecular formula is C12H21NO4. The van der Waals surface area contributed by atoms with Crippen molar-refractivity contribution in [2.45, 2.75) is 39.3 Å². The smallest absolute Gasteiger partial charge is 0.328 e. The molecule has 1 saturated heterocycles. The van der Waals surface area contributed by atoms with E-state index in [9.17, 15) is 14.7 Å². The van der Waals surface area contributed by atoms with E-state index >= 15 is 0 Å². The first-order valence-electron chi connectivity index (χ1n) is 5.94. The van der Waals surface area contributed by atoms with E-state index in [2.05, 4.69) is 0 Å². The minimum absolute atomic E-state index is 0.173. The van der Waals surface area contributed by atoms with Crippen molar-refractivity contribution >= 4 is 11.9 Å². The molecule has 0 aromatic carbocycles. The molecule has 1 N–H and O–H groups in total. The molecule has 5 nitrogen and oxygen atoms in total. The largest absolute Gasteiger partial charge is 0.467 e. The summed E-state index contributed by atoms with van der Waals surface area (Å²) < 4.78 is 4.73. The van der Waals surface area contributed by atoms with Gasteiger partial charge in [-0.2, -0.15) is 0 Å². The summed E-state index contributed by atoms with van der Waals surface area (Å²) >= 11 is 0. The number of esters is 1. The van der Waals surface area contributed by atoms with Gasteiger partial charge in [0.05, 0.1) is 19.1 Å². The summed E-state index contributed by atoms with van der Waals surface area (Å²) in [6.07, 6.45) is -0.139. The van der Waals surface area contributed by atoms with Gasteiger partial charge in [0.15, 0.2) is 0 Å². The number of nitrogens with zero attached hydrogens (tertiary/aromatic N) is 1. The Hall–Kier alpha value is -1.10. The number of hydrogen-bond donors (Lipinski definition) is 1.